The molecule has 0 saturated heterocycles. The number of rotatable bonds is 6. The minimum Gasteiger partial charge on any atom is -0.481 e. The lowest BCUT2D eigenvalue weighted by Gasteiger charge is -2.15. The Bertz CT molecular complexity index is 281. The van der Waals surface area contributed by atoms with Crippen LogP contribution in [0.5, 0.6) is 0 Å². The first-order valence-electron chi connectivity index (χ1n) is 6.28. The minimum absolute atomic E-state index is 0.0299. The third-order valence-corrected chi connectivity index (χ3v) is 3.37. The van der Waals surface area contributed by atoms with Crippen molar-refractivity contribution in [1.29, 1.82) is 0 Å². The summed E-state index contributed by atoms with van der Waals surface area (Å²) in [5, 5.41) is 14.8. The molecule has 0 aromatic carbocycles. The summed E-state index contributed by atoms with van der Waals surface area (Å²) in [4.78, 5) is 22.3. The van der Waals surface area contributed by atoms with Crippen LogP contribution in [0.1, 0.15) is 39.5 Å². The molecule has 0 aromatic rings. The van der Waals surface area contributed by atoms with Crippen molar-refractivity contribution in [3.05, 3.63) is 0 Å². The molecule has 0 aliphatic heterocycles. The third kappa shape index (κ3) is 4.73. The Labute approximate surface area is 102 Å². The molecule has 1 aliphatic carbocycles. The molecule has 1 unspecified atom stereocenters. The molecule has 1 amide bonds. The summed E-state index contributed by atoms with van der Waals surface area (Å²) in [6.45, 7) is 4.40. The molecule has 3 atom stereocenters. The molecule has 1 fully saturated rings. The maximum Gasteiger partial charge on any atom is 0.306 e. The van der Waals surface area contributed by atoms with Gasteiger partial charge >= 0.3 is 5.97 Å². The maximum absolute atomic E-state index is 11.6. The smallest absolute Gasteiger partial charge is 0.306 e. The van der Waals surface area contributed by atoms with E-state index in [1.807, 2.05) is 6.92 Å². The van der Waals surface area contributed by atoms with E-state index in [4.69, 9.17) is 5.11 Å². The van der Waals surface area contributed by atoms with Gasteiger partial charge in [0.2, 0.25) is 5.91 Å². The van der Waals surface area contributed by atoms with E-state index in [-0.39, 0.29) is 17.9 Å². The molecule has 1 aliphatic rings. The zero-order valence-corrected chi connectivity index (χ0v) is 10.5. The fourth-order valence-electron chi connectivity index (χ4n) is 2.03. The second-order valence-corrected chi connectivity index (χ2v) is 4.80. The number of aliphatic carboxylic acids is 1. The average Bonchev–Trinajstić information content (AvgIpc) is 2.74. The lowest BCUT2D eigenvalue weighted by atomic mass is 10.1. The normalized spacial score (nSPS) is 25.5. The number of carbonyl (C=O) groups excluding carboxylic acids is 1. The highest BCUT2D eigenvalue weighted by atomic mass is 16.4. The van der Waals surface area contributed by atoms with Crippen LogP contribution in [0, 0.1) is 5.92 Å². The Balaban J connectivity index is 2.22. The topological polar surface area (TPSA) is 78.4 Å². The SMILES string of the molecule is CCC(C)NCC(=O)N[C@H]1CC[C@@H](C(=O)O)C1. The summed E-state index contributed by atoms with van der Waals surface area (Å²) in [5.74, 6) is -1.08. The van der Waals surface area contributed by atoms with Gasteiger partial charge in [-0.05, 0) is 32.6 Å². The van der Waals surface area contributed by atoms with Crippen LogP contribution >= 0.6 is 0 Å². The largest absolute Gasteiger partial charge is 0.481 e. The number of carboxylic acids is 1. The van der Waals surface area contributed by atoms with Crippen LogP contribution in [0.4, 0.5) is 0 Å². The summed E-state index contributed by atoms with van der Waals surface area (Å²) in [6.07, 6.45) is 2.98. The first kappa shape index (κ1) is 14.0. The van der Waals surface area contributed by atoms with Crippen LogP contribution < -0.4 is 10.6 Å². The van der Waals surface area contributed by atoms with Gasteiger partial charge in [0, 0.05) is 12.1 Å². The van der Waals surface area contributed by atoms with Crippen LogP contribution in [0.2, 0.25) is 0 Å². The summed E-state index contributed by atoms with van der Waals surface area (Å²) in [6, 6.07) is 0.360. The van der Waals surface area contributed by atoms with Crippen molar-refractivity contribution in [2.75, 3.05) is 6.54 Å². The van der Waals surface area contributed by atoms with Gasteiger partial charge in [-0.2, -0.15) is 0 Å². The summed E-state index contributed by atoms with van der Waals surface area (Å²) < 4.78 is 0. The molecule has 98 valence electrons. The van der Waals surface area contributed by atoms with E-state index in [2.05, 4.69) is 17.6 Å². The highest BCUT2D eigenvalue weighted by Gasteiger charge is 2.30. The molecular weight excluding hydrogens is 220 g/mol. The van der Waals surface area contributed by atoms with Crippen molar-refractivity contribution in [2.45, 2.75) is 51.6 Å². The van der Waals surface area contributed by atoms with Gasteiger partial charge in [0.15, 0.2) is 0 Å². The fraction of sp³-hybridized carbons (Fsp3) is 0.833. The van der Waals surface area contributed by atoms with Gasteiger partial charge in [-0.25, -0.2) is 0 Å². The average molecular weight is 242 g/mol. The van der Waals surface area contributed by atoms with Gasteiger partial charge in [0.25, 0.3) is 0 Å². The van der Waals surface area contributed by atoms with Gasteiger partial charge in [-0.3, -0.25) is 9.59 Å². The van der Waals surface area contributed by atoms with E-state index in [0.717, 1.165) is 12.8 Å². The predicted octanol–water partition coefficient (Wildman–Crippen LogP) is 0.744. The van der Waals surface area contributed by atoms with E-state index in [1.54, 1.807) is 0 Å². The number of amides is 1. The molecule has 0 aromatic heterocycles. The second-order valence-electron chi connectivity index (χ2n) is 4.80. The zero-order chi connectivity index (χ0) is 12.8. The Morgan fingerprint density at radius 2 is 2.12 bits per heavy atom. The van der Waals surface area contributed by atoms with Crippen molar-refractivity contribution in [3.63, 3.8) is 0 Å². The minimum atomic E-state index is -0.750. The van der Waals surface area contributed by atoms with Crippen molar-refractivity contribution >= 4 is 11.9 Å². The first-order chi connectivity index (χ1) is 8.02. The summed E-state index contributed by atoms with van der Waals surface area (Å²) in [5.41, 5.74) is 0. The van der Waals surface area contributed by atoms with E-state index in [0.29, 0.717) is 25.4 Å². The number of nitrogens with one attached hydrogen (secondary N) is 2. The number of carbonyl (C=O) groups is 2. The van der Waals surface area contributed by atoms with Gasteiger partial charge in [-0.15, -0.1) is 0 Å². The number of hydrogen-bond acceptors (Lipinski definition) is 3. The maximum atomic E-state index is 11.6. The quantitative estimate of drug-likeness (QED) is 0.642. The first-order valence-corrected chi connectivity index (χ1v) is 6.28. The number of hydrogen-bond donors (Lipinski definition) is 3. The highest BCUT2D eigenvalue weighted by molar-refractivity contribution is 5.78. The lowest BCUT2D eigenvalue weighted by molar-refractivity contribution is -0.141. The molecule has 17 heavy (non-hydrogen) atoms. The predicted molar refractivity (Wildman–Crippen MR) is 64.7 cm³/mol. The van der Waals surface area contributed by atoms with Crippen LogP contribution in [0.15, 0.2) is 0 Å². The zero-order valence-electron chi connectivity index (χ0n) is 10.5. The standard InChI is InChI=1S/C12H22N2O3/c1-3-8(2)13-7-11(15)14-10-5-4-9(6-10)12(16)17/h8-10,13H,3-7H2,1-2H3,(H,14,15)(H,16,17)/t8?,9-,10+/m1/s1. The lowest BCUT2D eigenvalue weighted by Crippen LogP contribution is -2.41. The third-order valence-electron chi connectivity index (χ3n) is 3.37. The molecule has 3 N–H and O–H groups in total. The number of carboxylic acid groups (broad SMARTS) is 1. The van der Waals surface area contributed by atoms with Gasteiger partial charge in [-0.1, -0.05) is 6.92 Å². The molecule has 5 nitrogen and oxygen atoms in total. The van der Waals surface area contributed by atoms with Crippen LogP contribution in [0.25, 0.3) is 0 Å². The Morgan fingerprint density at radius 1 is 1.41 bits per heavy atom. The van der Waals surface area contributed by atoms with Crippen molar-refractivity contribution in [3.8, 4) is 0 Å². The van der Waals surface area contributed by atoms with Crippen molar-refractivity contribution < 1.29 is 14.7 Å². The molecular formula is C12H22N2O3. The van der Waals surface area contributed by atoms with Crippen molar-refractivity contribution in [2.24, 2.45) is 5.92 Å². The van der Waals surface area contributed by atoms with Gasteiger partial charge in [0.1, 0.15) is 0 Å². The van der Waals surface area contributed by atoms with E-state index in [1.165, 1.54) is 0 Å². The molecule has 1 rings (SSSR count). The molecule has 5 heteroatoms. The molecule has 0 spiro atoms. The van der Waals surface area contributed by atoms with E-state index >= 15 is 0 Å². The molecule has 0 heterocycles. The van der Waals surface area contributed by atoms with Crippen molar-refractivity contribution in [1.82, 2.24) is 10.6 Å². The van der Waals surface area contributed by atoms with Gasteiger partial charge in [0.05, 0.1) is 12.5 Å². The molecule has 1 saturated carbocycles. The van der Waals surface area contributed by atoms with Crippen LogP contribution in [0.3, 0.4) is 0 Å². The Kier molecular flexibility index (Phi) is 5.41. The van der Waals surface area contributed by atoms with Crippen LogP contribution in [-0.4, -0.2) is 35.6 Å². The second kappa shape index (κ2) is 6.59. The Morgan fingerprint density at radius 3 is 2.65 bits per heavy atom. The monoisotopic (exact) mass is 242 g/mol. The van der Waals surface area contributed by atoms with E-state index in [9.17, 15) is 9.59 Å². The summed E-state index contributed by atoms with van der Waals surface area (Å²) >= 11 is 0. The highest BCUT2D eigenvalue weighted by Crippen LogP contribution is 2.25. The summed E-state index contributed by atoms with van der Waals surface area (Å²) in [7, 11) is 0. The molecule has 0 radical (unpaired) electrons. The fourth-order valence-corrected chi connectivity index (χ4v) is 2.03. The van der Waals surface area contributed by atoms with E-state index < -0.39 is 5.97 Å². The van der Waals surface area contributed by atoms with Gasteiger partial charge < -0.3 is 15.7 Å². The Hall–Kier alpha value is -1.10. The van der Waals surface area contributed by atoms with Crippen LogP contribution in [-0.2, 0) is 9.59 Å². The molecule has 0 bridgehead atoms.